The van der Waals surface area contributed by atoms with Gasteiger partial charge in [0, 0.05) is 16.7 Å². The summed E-state index contributed by atoms with van der Waals surface area (Å²) in [6, 6.07) is 18.7. The van der Waals surface area contributed by atoms with E-state index in [-0.39, 0.29) is 12.4 Å². The van der Waals surface area contributed by atoms with E-state index in [9.17, 15) is 0 Å². The fourth-order valence-electron chi connectivity index (χ4n) is 1.96. The summed E-state index contributed by atoms with van der Waals surface area (Å²) in [4.78, 5) is 2.22. The standard InChI is InChI=1S/C17H16BrN.ClH/c1-2-13-19(17-6-4-3-5-7-17)14-12-15-8-10-16(18)11-9-15;/h1,3-11H,12-14H2;1H. The molecule has 0 saturated carbocycles. The Bertz CT molecular complexity index is 545. The Labute approximate surface area is 135 Å². The Kier molecular flexibility index (Phi) is 7.22. The molecular formula is C17H17BrClN. The van der Waals surface area contributed by atoms with Crippen LogP contribution in [0.3, 0.4) is 0 Å². The molecule has 0 aliphatic carbocycles. The Morgan fingerprint density at radius 1 is 1.00 bits per heavy atom. The molecule has 0 heterocycles. The number of halogens is 2. The molecule has 0 bridgehead atoms. The monoisotopic (exact) mass is 349 g/mol. The van der Waals surface area contributed by atoms with Crippen LogP contribution in [-0.2, 0) is 6.42 Å². The van der Waals surface area contributed by atoms with Gasteiger partial charge < -0.3 is 4.90 Å². The lowest BCUT2D eigenvalue weighted by Gasteiger charge is -2.22. The molecule has 20 heavy (non-hydrogen) atoms. The van der Waals surface area contributed by atoms with Crippen molar-refractivity contribution in [2.45, 2.75) is 6.42 Å². The van der Waals surface area contributed by atoms with Gasteiger partial charge in [0.2, 0.25) is 0 Å². The lowest BCUT2D eigenvalue weighted by atomic mass is 10.1. The van der Waals surface area contributed by atoms with Crippen LogP contribution in [0.5, 0.6) is 0 Å². The number of anilines is 1. The second kappa shape index (κ2) is 8.68. The topological polar surface area (TPSA) is 3.24 Å². The van der Waals surface area contributed by atoms with Crippen LogP contribution in [0.4, 0.5) is 5.69 Å². The highest BCUT2D eigenvalue weighted by Crippen LogP contribution is 2.15. The van der Waals surface area contributed by atoms with E-state index in [2.05, 4.69) is 63.1 Å². The first-order valence-corrected chi connectivity index (χ1v) is 7.07. The molecule has 104 valence electrons. The summed E-state index contributed by atoms with van der Waals surface area (Å²) in [6.45, 7) is 1.57. The molecule has 0 atom stereocenters. The van der Waals surface area contributed by atoms with E-state index in [1.54, 1.807) is 0 Å². The Morgan fingerprint density at radius 2 is 1.65 bits per heavy atom. The summed E-state index contributed by atoms with van der Waals surface area (Å²) in [5, 5.41) is 0. The summed E-state index contributed by atoms with van der Waals surface area (Å²) >= 11 is 3.45. The van der Waals surface area contributed by atoms with Crippen molar-refractivity contribution in [1.82, 2.24) is 0 Å². The summed E-state index contributed by atoms with van der Waals surface area (Å²) in [6.07, 6.45) is 6.45. The molecule has 0 aliphatic heterocycles. The third-order valence-corrected chi connectivity index (χ3v) is 3.52. The number of hydrogen-bond acceptors (Lipinski definition) is 1. The van der Waals surface area contributed by atoms with Gasteiger partial charge in [0.1, 0.15) is 0 Å². The average Bonchev–Trinajstić information content (AvgIpc) is 2.46. The van der Waals surface area contributed by atoms with Crippen LogP contribution in [0.1, 0.15) is 5.56 Å². The van der Waals surface area contributed by atoms with E-state index in [4.69, 9.17) is 6.42 Å². The molecule has 2 aromatic rings. The molecule has 0 amide bonds. The van der Waals surface area contributed by atoms with Crippen molar-refractivity contribution >= 4 is 34.0 Å². The van der Waals surface area contributed by atoms with Gasteiger partial charge in [-0.2, -0.15) is 0 Å². The lowest BCUT2D eigenvalue weighted by molar-refractivity contribution is 0.844. The zero-order valence-electron chi connectivity index (χ0n) is 11.1. The molecule has 1 nitrogen and oxygen atoms in total. The number of hydrogen-bond donors (Lipinski definition) is 0. The summed E-state index contributed by atoms with van der Waals surface area (Å²) in [7, 11) is 0. The van der Waals surface area contributed by atoms with E-state index < -0.39 is 0 Å². The number of terminal acetylenes is 1. The Hall–Kier alpha value is -1.43. The van der Waals surface area contributed by atoms with E-state index in [1.807, 2.05) is 18.2 Å². The number of para-hydroxylation sites is 1. The smallest absolute Gasteiger partial charge is 0.0791 e. The molecule has 0 aromatic heterocycles. The summed E-state index contributed by atoms with van der Waals surface area (Å²) < 4.78 is 1.11. The van der Waals surface area contributed by atoms with Crippen molar-refractivity contribution in [3.05, 3.63) is 64.6 Å². The zero-order valence-corrected chi connectivity index (χ0v) is 13.5. The van der Waals surface area contributed by atoms with Crippen LogP contribution in [0.2, 0.25) is 0 Å². The molecule has 0 N–H and O–H groups in total. The third kappa shape index (κ3) is 4.92. The molecule has 2 rings (SSSR count). The van der Waals surface area contributed by atoms with Crippen LogP contribution >= 0.6 is 28.3 Å². The van der Waals surface area contributed by atoms with Crippen molar-refractivity contribution in [2.75, 3.05) is 18.0 Å². The number of rotatable bonds is 5. The van der Waals surface area contributed by atoms with Gasteiger partial charge >= 0.3 is 0 Å². The fourth-order valence-corrected chi connectivity index (χ4v) is 2.23. The fraction of sp³-hybridized carbons (Fsp3) is 0.176. The van der Waals surface area contributed by atoms with Crippen molar-refractivity contribution < 1.29 is 0 Å². The predicted octanol–water partition coefficient (Wildman–Crippen LogP) is 4.55. The maximum Gasteiger partial charge on any atom is 0.0791 e. The van der Waals surface area contributed by atoms with E-state index in [1.165, 1.54) is 11.3 Å². The van der Waals surface area contributed by atoms with E-state index in [0.29, 0.717) is 6.54 Å². The van der Waals surface area contributed by atoms with Crippen LogP contribution in [0.25, 0.3) is 0 Å². The number of nitrogens with zero attached hydrogens (tertiary/aromatic N) is 1. The molecule has 0 saturated heterocycles. The van der Waals surface area contributed by atoms with Gasteiger partial charge in [0.05, 0.1) is 6.54 Å². The predicted molar refractivity (Wildman–Crippen MR) is 92.6 cm³/mol. The minimum atomic E-state index is 0. The molecule has 0 radical (unpaired) electrons. The van der Waals surface area contributed by atoms with Gasteiger partial charge in [-0.3, -0.25) is 0 Å². The lowest BCUT2D eigenvalue weighted by Crippen LogP contribution is -2.26. The van der Waals surface area contributed by atoms with Gasteiger partial charge in [-0.15, -0.1) is 18.8 Å². The van der Waals surface area contributed by atoms with Gasteiger partial charge in [-0.1, -0.05) is 52.2 Å². The maximum atomic E-state index is 5.46. The van der Waals surface area contributed by atoms with Gasteiger partial charge in [0.15, 0.2) is 0 Å². The Morgan fingerprint density at radius 3 is 2.25 bits per heavy atom. The SMILES string of the molecule is C#CCN(CCc1ccc(Br)cc1)c1ccccc1.Cl. The molecular weight excluding hydrogens is 334 g/mol. The molecule has 3 heteroatoms. The van der Waals surface area contributed by atoms with Gasteiger partial charge in [-0.25, -0.2) is 0 Å². The van der Waals surface area contributed by atoms with Crippen molar-refractivity contribution in [3.8, 4) is 12.3 Å². The molecule has 0 unspecified atom stereocenters. The maximum absolute atomic E-state index is 5.46. The molecule has 0 fully saturated rings. The van der Waals surface area contributed by atoms with Crippen molar-refractivity contribution in [3.63, 3.8) is 0 Å². The minimum Gasteiger partial charge on any atom is -0.360 e. The third-order valence-electron chi connectivity index (χ3n) is 2.99. The van der Waals surface area contributed by atoms with E-state index in [0.717, 1.165) is 17.4 Å². The summed E-state index contributed by atoms with van der Waals surface area (Å²) in [5.41, 5.74) is 2.50. The second-order valence-electron chi connectivity index (χ2n) is 4.34. The normalized spacial score (nSPS) is 9.40. The van der Waals surface area contributed by atoms with Crippen LogP contribution in [-0.4, -0.2) is 13.1 Å². The number of benzene rings is 2. The molecule has 0 aliphatic rings. The molecule has 2 aromatic carbocycles. The van der Waals surface area contributed by atoms with E-state index >= 15 is 0 Å². The van der Waals surface area contributed by atoms with Crippen molar-refractivity contribution in [2.24, 2.45) is 0 Å². The second-order valence-corrected chi connectivity index (χ2v) is 5.25. The molecule has 0 spiro atoms. The first-order valence-electron chi connectivity index (χ1n) is 6.27. The first-order chi connectivity index (χ1) is 9.29. The quantitative estimate of drug-likeness (QED) is 0.715. The van der Waals surface area contributed by atoms with Gasteiger partial charge in [0.25, 0.3) is 0 Å². The largest absolute Gasteiger partial charge is 0.360 e. The highest BCUT2D eigenvalue weighted by molar-refractivity contribution is 9.10. The van der Waals surface area contributed by atoms with Gasteiger partial charge in [-0.05, 0) is 36.2 Å². The van der Waals surface area contributed by atoms with Crippen LogP contribution < -0.4 is 4.90 Å². The van der Waals surface area contributed by atoms with Crippen LogP contribution in [0, 0.1) is 12.3 Å². The van der Waals surface area contributed by atoms with Crippen molar-refractivity contribution in [1.29, 1.82) is 0 Å². The van der Waals surface area contributed by atoms with Crippen LogP contribution in [0.15, 0.2) is 59.1 Å². The highest BCUT2D eigenvalue weighted by Gasteiger charge is 2.04. The zero-order chi connectivity index (χ0) is 13.5. The first kappa shape index (κ1) is 16.6. The summed E-state index contributed by atoms with van der Waals surface area (Å²) in [5.74, 6) is 2.73. The average molecular weight is 351 g/mol. The minimum absolute atomic E-state index is 0. The highest BCUT2D eigenvalue weighted by atomic mass is 79.9. The Balaban J connectivity index is 0.00000200.